The second kappa shape index (κ2) is 6.16. The molecule has 0 fully saturated rings. The van der Waals surface area contributed by atoms with Crippen molar-refractivity contribution in [1.29, 1.82) is 0 Å². The lowest BCUT2D eigenvalue weighted by atomic mass is 10.1. The lowest BCUT2D eigenvalue weighted by Crippen LogP contribution is -1.87. The molecule has 0 saturated heterocycles. The first kappa shape index (κ1) is 11.7. The summed E-state index contributed by atoms with van der Waals surface area (Å²) in [6, 6.07) is 4.80. The van der Waals surface area contributed by atoms with Crippen molar-refractivity contribution in [3.05, 3.63) is 51.4 Å². The Kier molecular flexibility index (Phi) is 4.50. The number of carbonyl (C=O) groups excluding carboxylic acids is 2. The van der Waals surface area contributed by atoms with Gasteiger partial charge in [-0.2, -0.15) is 0 Å². The Bertz CT molecular complexity index is 448. The van der Waals surface area contributed by atoms with Crippen LogP contribution in [0.25, 0.3) is 16.5 Å². The Hall–Kier alpha value is -2.39. The predicted octanol–water partition coefficient (Wildman–Crippen LogP) is 2.64. The highest BCUT2D eigenvalue weighted by Crippen LogP contribution is 2.09. The molecule has 5 nitrogen and oxygen atoms in total. The Morgan fingerprint density at radius 3 is 2.19 bits per heavy atom. The molecule has 0 heterocycles. The fourth-order valence-corrected chi connectivity index (χ4v) is 1.21. The summed E-state index contributed by atoms with van der Waals surface area (Å²) in [5.41, 5.74) is 9.66. The van der Waals surface area contributed by atoms with E-state index in [1.54, 1.807) is 24.3 Å². The summed E-state index contributed by atoms with van der Waals surface area (Å²) in [5, 5.41) is 3.33. The van der Waals surface area contributed by atoms with Crippen LogP contribution in [0.5, 0.6) is 0 Å². The van der Waals surface area contributed by atoms with E-state index >= 15 is 0 Å². The number of rotatable bonds is 5. The van der Waals surface area contributed by atoms with Gasteiger partial charge < -0.3 is 0 Å². The van der Waals surface area contributed by atoms with Gasteiger partial charge in [-0.15, -0.1) is 0 Å². The van der Waals surface area contributed by atoms with Gasteiger partial charge in [-0.05, 0) is 29.3 Å². The zero-order valence-corrected chi connectivity index (χ0v) is 8.41. The highest BCUT2D eigenvalue weighted by atomic mass is 16.1. The summed E-state index contributed by atoms with van der Waals surface area (Å²) in [4.78, 5) is 23.8. The molecule has 0 radical (unpaired) electrons. The molecule has 1 aromatic carbocycles. The van der Waals surface area contributed by atoms with Gasteiger partial charge in [0.2, 0.25) is 0 Å². The summed E-state index contributed by atoms with van der Waals surface area (Å²) < 4.78 is 0. The number of hydrogen-bond donors (Lipinski definition) is 0. The van der Waals surface area contributed by atoms with Crippen LogP contribution in [0.2, 0.25) is 0 Å². The summed E-state index contributed by atoms with van der Waals surface area (Å²) in [6.07, 6.45) is 4.70. The molecule has 0 aromatic heterocycles. The smallest absolute Gasteiger partial charge is 0.150 e. The minimum absolute atomic E-state index is 0.234. The molecule has 0 atom stereocenters. The van der Waals surface area contributed by atoms with Gasteiger partial charge in [0.15, 0.2) is 0 Å². The normalized spacial score (nSPS) is 9.75. The Morgan fingerprint density at radius 2 is 1.69 bits per heavy atom. The molecule has 1 aromatic rings. The van der Waals surface area contributed by atoms with E-state index in [0.717, 1.165) is 5.56 Å². The van der Waals surface area contributed by atoms with Crippen molar-refractivity contribution >= 4 is 18.6 Å². The van der Waals surface area contributed by atoms with Crippen LogP contribution in [-0.2, 0) is 0 Å². The van der Waals surface area contributed by atoms with E-state index in [0.29, 0.717) is 23.7 Å². The van der Waals surface area contributed by atoms with Crippen molar-refractivity contribution < 1.29 is 9.59 Å². The molecular formula is C11H9N3O2. The molecule has 0 aliphatic heterocycles. The second-order valence-corrected chi connectivity index (χ2v) is 2.98. The standard InChI is InChI=1S/C11H9N3O2/c12-14-13-3-1-2-9-4-10(7-15)6-11(5-9)8-16/h1-2,4-8H,3H2. The van der Waals surface area contributed by atoms with Gasteiger partial charge in [0, 0.05) is 22.6 Å². The molecule has 80 valence electrons. The van der Waals surface area contributed by atoms with E-state index in [9.17, 15) is 9.59 Å². The first-order valence-corrected chi connectivity index (χ1v) is 4.53. The van der Waals surface area contributed by atoms with E-state index < -0.39 is 0 Å². The number of carbonyl (C=O) groups is 2. The summed E-state index contributed by atoms with van der Waals surface area (Å²) in [7, 11) is 0. The molecule has 0 aliphatic rings. The Labute approximate surface area is 92.0 Å². The number of azide groups is 1. The minimum Gasteiger partial charge on any atom is -0.298 e. The van der Waals surface area contributed by atoms with Gasteiger partial charge in [0.25, 0.3) is 0 Å². The van der Waals surface area contributed by atoms with Crippen molar-refractivity contribution in [3.63, 3.8) is 0 Å². The molecule has 1 rings (SSSR count). The maximum Gasteiger partial charge on any atom is 0.150 e. The highest BCUT2D eigenvalue weighted by molar-refractivity contribution is 5.83. The maximum absolute atomic E-state index is 10.6. The molecule has 5 heteroatoms. The highest BCUT2D eigenvalue weighted by Gasteiger charge is 1.97. The molecule has 0 N–H and O–H groups in total. The van der Waals surface area contributed by atoms with Crippen molar-refractivity contribution in [2.75, 3.05) is 6.54 Å². The van der Waals surface area contributed by atoms with Crippen LogP contribution in [0.3, 0.4) is 0 Å². The SMILES string of the molecule is [N-]=[N+]=NCC=Cc1cc(C=O)cc(C=O)c1. The first-order valence-electron chi connectivity index (χ1n) is 4.53. The number of aldehydes is 2. The zero-order chi connectivity index (χ0) is 11.8. The quantitative estimate of drug-likeness (QED) is 0.327. The van der Waals surface area contributed by atoms with Gasteiger partial charge in [0.05, 0.1) is 0 Å². The third-order valence-corrected chi connectivity index (χ3v) is 1.83. The van der Waals surface area contributed by atoms with Crippen molar-refractivity contribution in [1.82, 2.24) is 0 Å². The molecule has 0 spiro atoms. The van der Waals surface area contributed by atoms with Crippen molar-refractivity contribution in [3.8, 4) is 0 Å². The number of benzene rings is 1. The average Bonchev–Trinajstić information content (AvgIpc) is 2.34. The largest absolute Gasteiger partial charge is 0.298 e. The van der Waals surface area contributed by atoms with Crippen LogP contribution in [0.1, 0.15) is 26.3 Å². The molecule has 0 bridgehead atoms. The van der Waals surface area contributed by atoms with Gasteiger partial charge >= 0.3 is 0 Å². The van der Waals surface area contributed by atoms with E-state index in [4.69, 9.17) is 5.53 Å². The van der Waals surface area contributed by atoms with Gasteiger partial charge in [-0.1, -0.05) is 17.3 Å². The van der Waals surface area contributed by atoms with Crippen LogP contribution < -0.4 is 0 Å². The molecule has 0 amide bonds. The third-order valence-electron chi connectivity index (χ3n) is 1.83. The van der Waals surface area contributed by atoms with E-state index in [2.05, 4.69) is 10.0 Å². The number of nitrogens with zero attached hydrogens (tertiary/aromatic N) is 3. The lowest BCUT2D eigenvalue weighted by molar-refractivity contribution is 0.112. The Morgan fingerprint density at radius 1 is 1.12 bits per heavy atom. The minimum atomic E-state index is 0.234. The summed E-state index contributed by atoms with van der Waals surface area (Å²) in [5.74, 6) is 0. The first-order chi connectivity index (χ1) is 7.80. The second-order valence-electron chi connectivity index (χ2n) is 2.98. The fourth-order valence-electron chi connectivity index (χ4n) is 1.21. The molecule has 16 heavy (non-hydrogen) atoms. The maximum atomic E-state index is 10.6. The fraction of sp³-hybridized carbons (Fsp3) is 0.0909. The summed E-state index contributed by atoms with van der Waals surface area (Å²) in [6.45, 7) is 0.234. The monoisotopic (exact) mass is 215 g/mol. The molecule has 0 saturated carbocycles. The Balaban J connectivity index is 2.94. The lowest BCUT2D eigenvalue weighted by Gasteiger charge is -1.97. The van der Waals surface area contributed by atoms with E-state index in [1.807, 2.05) is 0 Å². The average molecular weight is 215 g/mol. The molecule has 0 aliphatic carbocycles. The van der Waals surface area contributed by atoms with Crippen molar-refractivity contribution in [2.24, 2.45) is 5.11 Å². The third kappa shape index (κ3) is 3.40. The van der Waals surface area contributed by atoms with Crippen LogP contribution in [0.4, 0.5) is 0 Å². The summed E-state index contributed by atoms with van der Waals surface area (Å²) >= 11 is 0. The van der Waals surface area contributed by atoms with E-state index in [-0.39, 0.29) is 6.54 Å². The van der Waals surface area contributed by atoms with Gasteiger partial charge in [-0.3, -0.25) is 9.59 Å². The van der Waals surface area contributed by atoms with Crippen LogP contribution >= 0.6 is 0 Å². The van der Waals surface area contributed by atoms with Crippen molar-refractivity contribution in [2.45, 2.75) is 0 Å². The topological polar surface area (TPSA) is 82.9 Å². The van der Waals surface area contributed by atoms with E-state index in [1.165, 1.54) is 6.07 Å². The molecular weight excluding hydrogens is 206 g/mol. The van der Waals surface area contributed by atoms with Gasteiger partial charge in [-0.25, -0.2) is 0 Å². The zero-order valence-electron chi connectivity index (χ0n) is 8.41. The van der Waals surface area contributed by atoms with Crippen LogP contribution in [0, 0.1) is 0 Å². The number of hydrogen-bond acceptors (Lipinski definition) is 3. The van der Waals surface area contributed by atoms with Gasteiger partial charge in [0.1, 0.15) is 12.6 Å². The predicted molar refractivity (Wildman–Crippen MR) is 60.3 cm³/mol. The van der Waals surface area contributed by atoms with Crippen LogP contribution in [-0.4, -0.2) is 19.1 Å². The molecule has 0 unspecified atom stereocenters. The van der Waals surface area contributed by atoms with Crippen LogP contribution in [0.15, 0.2) is 29.4 Å².